The van der Waals surface area contributed by atoms with Crippen LogP contribution in [0.2, 0.25) is 0 Å². The third-order valence-electron chi connectivity index (χ3n) is 1.92. The molecule has 5 heteroatoms. The number of hydrogen-bond acceptors (Lipinski definition) is 2. The van der Waals surface area contributed by atoms with E-state index in [9.17, 15) is 9.59 Å². The van der Waals surface area contributed by atoms with Gasteiger partial charge in [0.25, 0.3) is 11.8 Å². The maximum Gasteiger partial charge on any atom is 0.274 e. The maximum atomic E-state index is 11.2. The zero-order valence-electron chi connectivity index (χ0n) is 6.01. The SMILES string of the molecule is O=C1C(Cl)=C(Cl)C(=O)N1C1CC1. The van der Waals surface area contributed by atoms with Crippen molar-refractivity contribution in [2.75, 3.05) is 0 Å². The predicted molar refractivity (Wildman–Crippen MR) is 43.6 cm³/mol. The summed E-state index contributed by atoms with van der Waals surface area (Å²) in [5.41, 5.74) is 0. The van der Waals surface area contributed by atoms with Crippen LogP contribution in [0.1, 0.15) is 12.8 Å². The number of halogens is 2. The molecule has 0 unspecified atom stereocenters. The van der Waals surface area contributed by atoms with Gasteiger partial charge in [-0.15, -0.1) is 0 Å². The first kappa shape index (κ1) is 8.08. The molecule has 0 aromatic heterocycles. The van der Waals surface area contributed by atoms with E-state index in [4.69, 9.17) is 23.2 Å². The van der Waals surface area contributed by atoms with Crippen LogP contribution in [0.4, 0.5) is 0 Å². The second-order valence-corrected chi connectivity index (χ2v) is 3.60. The van der Waals surface area contributed by atoms with Crippen LogP contribution in [0.3, 0.4) is 0 Å². The Morgan fingerprint density at radius 2 is 1.50 bits per heavy atom. The molecule has 0 atom stereocenters. The van der Waals surface area contributed by atoms with Crippen molar-refractivity contribution >= 4 is 35.0 Å². The van der Waals surface area contributed by atoms with Gasteiger partial charge in [-0.05, 0) is 12.8 Å². The first-order valence-corrected chi connectivity index (χ1v) is 4.31. The van der Waals surface area contributed by atoms with E-state index in [1.807, 2.05) is 0 Å². The predicted octanol–water partition coefficient (Wildman–Crippen LogP) is 1.21. The Balaban J connectivity index is 2.32. The van der Waals surface area contributed by atoms with E-state index >= 15 is 0 Å². The molecule has 2 rings (SSSR count). The summed E-state index contributed by atoms with van der Waals surface area (Å²) in [4.78, 5) is 23.6. The van der Waals surface area contributed by atoms with E-state index in [0.29, 0.717) is 0 Å². The second-order valence-electron chi connectivity index (χ2n) is 2.84. The molecular formula is C7H5Cl2NO2. The first-order valence-electron chi connectivity index (χ1n) is 3.56. The van der Waals surface area contributed by atoms with Crippen LogP contribution in [-0.2, 0) is 9.59 Å². The monoisotopic (exact) mass is 205 g/mol. The van der Waals surface area contributed by atoms with Crippen LogP contribution < -0.4 is 0 Å². The van der Waals surface area contributed by atoms with Crippen molar-refractivity contribution in [1.82, 2.24) is 4.90 Å². The topological polar surface area (TPSA) is 37.4 Å². The lowest BCUT2D eigenvalue weighted by atomic mass is 10.5. The van der Waals surface area contributed by atoms with Crippen molar-refractivity contribution in [3.05, 3.63) is 10.1 Å². The van der Waals surface area contributed by atoms with Gasteiger partial charge in [0, 0.05) is 6.04 Å². The molecule has 0 aromatic carbocycles. The molecule has 0 radical (unpaired) electrons. The van der Waals surface area contributed by atoms with Crippen LogP contribution >= 0.6 is 23.2 Å². The lowest BCUT2D eigenvalue weighted by Crippen LogP contribution is -2.33. The summed E-state index contributed by atoms with van der Waals surface area (Å²) in [5.74, 6) is -0.900. The van der Waals surface area contributed by atoms with Crippen molar-refractivity contribution < 1.29 is 9.59 Å². The highest BCUT2D eigenvalue weighted by atomic mass is 35.5. The minimum Gasteiger partial charge on any atom is -0.270 e. The van der Waals surface area contributed by atoms with E-state index < -0.39 is 11.8 Å². The van der Waals surface area contributed by atoms with Gasteiger partial charge in [-0.3, -0.25) is 14.5 Å². The van der Waals surface area contributed by atoms with Gasteiger partial charge in [-0.2, -0.15) is 0 Å². The van der Waals surface area contributed by atoms with Gasteiger partial charge in [0.1, 0.15) is 10.1 Å². The molecule has 1 aliphatic carbocycles. The largest absolute Gasteiger partial charge is 0.274 e. The van der Waals surface area contributed by atoms with E-state index in [-0.39, 0.29) is 16.1 Å². The molecule has 2 aliphatic rings. The highest BCUT2D eigenvalue weighted by Gasteiger charge is 2.44. The molecule has 1 saturated carbocycles. The van der Waals surface area contributed by atoms with Crippen LogP contribution in [0.25, 0.3) is 0 Å². The van der Waals surface area contributed by atoms with Gasteiger partial charge in [-0.1, -0.05) is 23.2 Å². The Bertz CT molecular complexity index is 283. The molecule has 0 bridgehead atoms. The highest BCUT2D eigenvalue weighted by molar-refractivity contribution is 6.58. The lowest BCUT2D eigenvalue weighted by Gasteiger charge is -2.11. The molecule has 64 valence electrons. The average molecular weight is 206 g/mol. The minimum atomic E-state index is -0.450. The van der Waals surface area contributed by atoms with Crippen LogP contribution in [0, 0.1) is 0 Å². The fraction of sp³-hybridized carbons (Fsp3) is 0.429. The average Bonchev–Trinajstić information content (AvgIpc) is 2.82. The second kappa shape index (κ2) is 2.47. The van der Waals surface area contributed by atoms with E-state index in [2.05, 4.69) is 0 Å². The van der Waals surface area contributed by atoms with E-state index in [1.54, 1.807) is 0 Å². The Morgan fingerprint density at radius 1 is 1.08 bits per heavy atom. The maximum absolute atomic E-state index is 11.2. The van der Waals surface area contributed by atoms with Gasteiger partial charge < -0.3 is 0 Å². The van der Waals surface area contributed by atoms with Gasteiger partial charge in [0.05, 0.1) is 0 Å². The molecule has 0 N–H and O–H groups in total. The molecule has 2 amide bonds. The highest BCUT2D eigenvalue weighted by Crippen LogP contribution is 2.36. The van der Waals surface area contributed by atoms with Crippen molar-refractivity contribution in [2.45, 2.75) is 18.9 Å². The van der Waals surface area contributed by atoms with Crippen molar-refractivity contribution in [1.29, 1.82) is 0 Å². The third-order valence-corrected chi connectivity index (χ3v) is 2.72. The van der Waals surface area contributed by atoms with Gasteiger partial charge in [0.15, 0.2) is 0 Å². The summed E-state index contributed by atoms with van der Waals surface area (Å²) in [6, 6.07) is 0.0370. The van der Waals surface area contributed by atoms with E-state index in [0.717, 1.165) is 17.7 Å². The Kier molecular flexibility index (Phi) is 1.66. The summed E-state index contributed by atoms with van der Waals surface area (Å²) in [6.07, 6.45) is 1.73. The molecule has 0 saturated heterocycles. The molecular weight excluding hydrogens is 201 g/mol. The normalized spacial score (nSPS) is 24.3. The molecule has 12 heavy (non-hydrogen) atoms. The zero-order chi connectivity index (χ0) is 8.88. The van der Waals surface area contributed by atoms with Gasteiger partial charge >= 0.3 is 0 Å². The number of rotatable bonds is 1. The Labute approximate surface area is 78.9 Å². The fourth-order valence-corrected chi connectivity index (χ4v) is 1.50. The minimum absolute atomic E-state index is 0.0370. The standard InChI is InChI=1S/C7H5Cl2NO2/c8-4-5(9)7(12)10(6(4)11)3-1-2-3/h3H,1-2H2. The first-order chi connectivity index (χ1) is 5.63. The van der Waals surface area contributed by atoms with E-state index in [1.165, 1.54) is 0 Å². The summed E-state index contributed by atoms with van der Waals surface area (Å²) >= 11 is 11.0. The summed E-state index contributed by atoms with van der Waals surface area (Å²) in [5, 5.41) is -0.290. The third kappa shape index (κ3) is 0.967. The summed E-state index contributed by atoms with van der Waals surface area (Å²) in [6.45, 7) is 0. The van der Waals surface area contributed by atoms with Crippen molar-refractivity contribution in [3.8, 4) is 0 Å². The zero-order valence-corrected chi connectivity index (χ0v) is 7.52. The number of hydrogen-bond donors (Lipinski definition) is 0. The number of amides is 2. The van der Waals surface area contributed by atoms with Gasteiger partial charge in [-0.25, -0.2) is 0 Å². The molecule has 1 fully saturated rings. The summed E-state index contributed by atoms with van der Waals surface area (Å²) in [7, 11) is 0. The molecule has 3 nitrogen and oxygen atoms in total. The fourth-order valence-electron chi connectivity index (χ4n) is 1.16. The Hall–Kier alpha value is -0.540. The molecule has 0 spiro atoms. The van der Waals surface area contributed by atoms with Crippen LogP contribution in [0.15, 0.2) is 10.1 Å². The number of nitrogens with zero attached hydrogens (tertiary/aromatic N) is 1. The number of carbonyl (C=O) groups excluding carboxylic acids is 2. The van der Waals surface area contributed by atoms with Crippen LogP contribution in [0.5, 0.6) is 0 Å². The van der Waals surface area contributed by atoms with Crippen molar-refractivity contribution in [2.24, 2.45) is 0 Å². The molecule has 1 aliphatic heterocycles. The quantitative estimate of drug-likeness (QED) is 0.604. The summed E-state index contributed by atoms with van der Waals surface area (Å²) < 4.78 is 0. The number of imide groups is 1. The van der Waals surface area contributed by atoms with Crippen LogP contribution in [-0.4, -0.2) is 22.8 Å². The van der Waals surface area contributed by atoms with Crippen molar-refractivity contribution in [3.63, 3.8) is 0 Å². The molecule has 1 heterocycles. The number of carbonyl (C=O) groups is 2. The Morgan fingerprint density at radius 3 is 1.83 bits per heavy atom. The lowest BCUT2D eigenvalue weighted by molar-refractivity contribution is -0.137. The smallest absolute Gasteiger partial charge is 0.270 e. The molecule has 0 aromatic rings. The van der Waals surface area contributed by atoms with Gasteiger partial charge in [0.2, 0.25) is 0 Å².